The lowest BCUT2D eigenvalue weighted by atomic mass is 10.2. The number of thiophene rings is 1. The third-order valence-electron chi connectivity index (χ3n) is 3.85. The third kappa shape index (κ3) is 3.10. The predicted octanol–water partition coefficient (Wildman–Crippen LogP) is 2.95. The van der Waals surface area contributed by atoms with Crippen LogP contribution >= 0.6 is 11.3 Å². The quantitative estimate of drug-likeness (QED) is 0.776. The number of fused-ring (bicyclic) bond motifs is 1. The van der Waals surface area contributed by atoms with Crippen molar-refractivity contribution >= 4 is 27.5 Å². The molecule has 0 atom stereocenters. The predicted molar refractivity (Wildman–Crippen MR) is 96.8 cm³/mol. The van der Waals surface area contributed by atoms with Crippen LogP contribution in [-0.4, -0.2) is 22.0 Å². The van der Waals surface area contributed by atoms with Crippen molar-refractivity contribution in [3.05, 3.63) is 63.0 Å². The van der Waals surface area contributed by atoms with Crippen LogP contribution in [0.4, 0.5) is 0 Å². The number of hydrogen-bond donors (Lipinski definition) is 1. The largest absolute Gasteiger partial charge is 0.351 e. The minimum absolute atomic E-state index is 0.104. The fourth-order valence-electron chi connectivity index (χ4n) is 2.59. The van der Waals surface area contributed by atoms with Gasteiger partial charge in [-0.3, -0.25) is 14.2 Å². The van der Waals surface area contributed by atoms with Gasteiger partial charge in [0.25, 0.3) is 11.5 Å². The van der Waals surface area contributed by atoms with Gasteiger partial charge in [-0.1, -0.05) is 37.3 Å². The van der Waals surface area contributed by atoms with Gasteiger partial charge in [-0.05, 0) is 24.5 Å². The first-order chi connectivity index (χ1) is 11.6. The SMILES string of the molecule is CCCNC(=O)c1sc2ncn(Cc3ccccc3)c(=O)c2c1C. The molecule has 0 aliphatic carbocycles. The summed E-state index contributed by atoms with van der Waals surface area (Å²) in [6, 6.07) is 9.77. The molecular formula is C18H19N3O2S. The van der Waals surface area contributed by atoms with Crippen molar-refractivity contribution < 1.29 is 4.79 Å². The van der Waals surface area contributed by atoms with Crippen molar-refractivity contribution in [2.75, 3.05) is 6.54 Å². The first-order valence-electron chi connectivity index (χ1n) is 7.92. The van der Waals surface area contributed by atoms with Gasteiger partial charge in [-0.25, -0.2) is 4.98 Å². The summed E-state index contributed by atoms with van der Waals surface area (Å²) in [6.45, 7) is 4.91. The van der Waals surface area contributed by atoms with E-state index in [2.05, 4.69) is 10.3 Å². The molecule has 0 fully saturated rings. The number of nitrogens with zero attached hydrogens (tertiary/aromatic N) is 2. The summed E-state index contributed by atoms with van der Waals surface area (Å²) in [6.07, 6.45) is 2.43. The molecule has 5 nitrogen and oxygen atoms in total. The standard InChI is InChI=1S/C18H19N3O2S/c1-3-9-19-16(22)15-12(2)14-17(24-15)20-11-21(18(14)23)10-13-7-5-4-6-8-13/h4-8,11H,3,9-10H2,1-2H3,(H,19,22). The number of amides is 1. The number of hydrogen-bond acceptors (Lipinski definition) is 4. The normalized spacial score (nSPS) is 10.9. The zero-order chi connectivity index (χ0) is 17.1. The van der Waals surface area contributed by atoms with Crippen LogP contribution in [0.3, 0.4) is 0 Å². The highest BCUT2D eigenvalue weighted by Crippen LogP contribution is 2.26. The Bertz CT molecular complexity index is 929. The Hall–Kier alpha value is -2.47. The van der Waals surface area contributed by atoms with Gasteiger partial charge in [0.2, 0.25) is 0 Å². The van der Waals surface area contributed by atoms with Crippen LogP contribution in [0, 0.1) is 6.92 Å². The minimum Gasteiger partial charge on any atom is -0.351 e. The average molecular weight is 341 g/mol. The molecule has 0 aliphatic heterocycles. The van der Waals surface area contributed by atoms with Crippen LogP contribution in [0.5, 0.6) is 0 Å². The molecule has 0 aliphatic rings. The maximum Gasteiger partial charge on any atom is 0.262 e. The number of aryl methyl sites for hydroxylation is 1. The summed E-state index contributed by atoms with van der Waals surface area (Å²) in [5, 5.41) is 3.40. The van der Waals surface area contributed by atoms with Crippen molar-refractivity contribution in [2.45, 2.75) is 26.8 Å². The van der Waals surface area contributed by atoms with Gasteiger partial charge in [0, 0.05) is 6.54 Å². The molecule has 3 aromatic rings. The van der Waals surface area contributed by atoms with Crippen molar-refractivity contribution in [1.82, 2.24) is 14.9 Å². The fraction of sp³-hybridized carbons (Fsp3) is 0.278. The van der Waals surface area contributed by atoms with Crippen LogP contribution in [0.1, 0.15) is 34.1 Å². The Balaban J connectivity index is 2.01. The molecule has 1 N–H and O–H groups in total. The van der Waals surface area contributed by atoms with Crippen molar-refractivity contribution in [2.24, 2.45) is 0 Å². The molecule has 2 aromatic heterocycles. The molecule has 24 heavy (non-hydrogen) atoms. The molecule has 3 rings (SSSR count). The summed E-state index contributed by atoms with van der Waals surface area (Å²) < 4.78 is 1.59. The lowest BCUT2D eigenvalue weighted by Crippen LogP contribution is -2.24. The summed E-state index contributed by atoms with van der Waals surface area (Å²) in [7, 11) is 0. The minimum atomic E-state index is -0.133. The zero-order valence-corrected chi connectivity index (χ0v) is 14.5. The molecule has 1 amide bonds. The van der Waals surface area contributed by atoms with Crippen LogP contribution in [0.15, 0.2) is 41.5 Å². The maximum absolute atomic E-state index is 12.8. The molecule has 0 unspecified atom stereocenters. The first-order valence-corrected chi connectivity index (χ1v) is 8.74. The Morgan fingerprint density at radius 3 is 2.75 bits per heavy atom. The Morgan fingerprint density at radius 1 is 1.29 bits per heavy atom. The molecule has 2 heterocycles. The number of carbonyl (C=O) groups excluding carboxylic acids is 1. The van der Waals surface area contributed by atoms with E-state index >= 15 is 0 Å². The smallest absolute Gasteiger partial charge is 0.262 e. The van der Waals surface area contributed by atoms with E-state index in [1.807, 2.05) is 44.2 Å². The van der Waals surface area contributed by atoms with Crippen LogP contribution < -0.4 is 10.9 Å². The molecule has 0 bridgehead atoms. The van der Waals surface area contributed by atoms with Gasteiger partial charge in [0.15, 0.2) is 0 Å². The number of aromatic nitrogens is 2. The first kappa shape index (κ1) is 16.4. The summed E-state index contributed by atoms with van der Waals surface area (Å²) >= 11 is 1.28. The van der Waals surface area contributed by atoms with Gasteiger partial charge < -0.3 is 5.32 Å². The van der Waals surface area contributed by atoms with Gasteiger partial charge in [-0.2, -0.15) is 0 Å². The monoisotopic (exact) mass is 341 g/mol. The third-order valence-corrected chi connectivity index (χ3v) is 5.05. The molecule has 124 valence electrons. The Labute approximate surface area is 144 Å². The van der Waals surface area contributed by atoms with E-state index in [1.165, 1.54) is 11.3 Å². The number of nitrogens with one attached hydrogen (secondary N) is 1. The number of carbonyl (C=O) groups is 1. The van der Waals surface area contributed by atoms with E-state index in [0.29, 0.717) is 33.7 Å². The Morgan fingerprint density at radius 2 is 2.04 bits per heavy atom. The van der Waals surface area contributed by atoms with Crippen LogP contribution in [-0.2, 0) is 6.54 Å². The fourth-order valence-corrected chi connectivity index (χ4v) is 3.64. The van der Waals surface area contributed by atoms with E-state index in [-0.39, 0.29) is 11.5 Å². The van der Waals surface area contributed by atoms with Gasteiger partial charge in [-0.15, -0.1) is 11.3 Å². The van der Waals surface area contributed by atoms with Crippen molar-refractivity contribution in [3.8, 4) is 0 Å². The van der Waals surface area contributed by atoms with E-state index in [9.17, 15) is 9.59 Å². The summed E-state index contributed by atoms with van der Waals surface area (Å²) in [5.41, 5.74) is 1.64. The van der Waals surface area contributed by atoms with Crippen molar-refractivity contribution in [1.29, 1.82) is 0 Å². The lowest BCUT2D eigenvalue weighted by Gasteiger charge is -2.05. The number of rotatable bonds is 5. The van der Waals surface area contributed by atoms with Gasteiger partial charge in [0.05, 0.1) is 23.1 Å². The molecule has 6 heteroatoms. The molecular weight excluding hydrogens is 322 g/mol. The zero-order valence-electron chi connectivity index (χ0n) is 13.7. The summed E-state index contributed by atoms with van der Waals surface area (Å²) in [4.78, 5) is 30.6. The topological polar surface area (TPSA) is 64.0 Å². The highest BCUT2D eigenvalue weighted by atomic mass is 32.1. The average Bonchev–Trinajstić information content (AvgIpc) is 2.94. The van der Waals surface area contributed by atoms with E-state index in [0.717, 1.165) is 12.0 Å². The van der Waals surface area contributed by atoms with Crippen molar-refractivity contribution in [3.63, 3.8) is 0 Å². The molecule has 1 aromatic carbocycles. The second kappa shape index (κ2) is 6.97. The van der Waals surface area contributed by atoms with E-state index in [1.54, 1.807) is 10.9 Å². The van der Waals surface area contributed by atoms with E-state index in [4.69, 9.17) is 0 Å². The Kier molecular flexibility index (Phi) is 4.76. The molecule has 0 saturated heterocycles. The number of benzene rings is 1. The lowest BCUT2D eigenvalue weighted by molar-refractivity contribution is 0.0957. The van der Waals surface area contributed by atoms with Gasteiger partial charge >= 0.3 is 0 Å². The second-order valence-corrected chi connectivity index (χ2v) is 6.65. The second-order valence-electron chi connectivity index (χ2n) is 5.66. The van der Waals surface area contributed by atoms with Crippen LogP contribution in [0.2, 0.25) is 0 Å². The van der Waals surface area contributed by atoms with Crippen LogP contribution in [0.25, 0.3) is 10.2 Å². The maximum atomic E-state index is 12.8. The summed E-state index contributed by atoms with van der Waals surface area (Å²) in [5.74, 6) is -0.133. The molecule has 0 spiro atoms. The van der Waals surface area contributed by atoms with Gasteiger partial charge in [0.1, 0.15) is 4.83 Å². The van der Waals surface area contributed by atoms with E-state index < -0.39 is 0 Å². The highest BCUT2D eigenvalue weighted by Gasteiger charge is 2.19. The molecule has 0 radical (unpaired) electrons. The molecule has 0 saturated carbocycles. The highest BCUT2D eigenvalue weighted by molar-refractivity contribution is 7.20.